The summed E-state index contributed by atoms with van der Waals surface area (Å²) in [6.07, 6.45) is 21.3. The quantitative estimate of drug-likeness (QED) is 0.0995. The van der Waals surface area contributed by atoms with Crippen LogP contribution in [0.4, 0.5) is 11.4 Å². The van der Waals surface area contributed by atoms with Gasteiger partial charge in [-0.1, -0.05) is 108 Å². The zero-order chi connectivity index (χ0) is 27.8. The molecule has 0 atom stereocenters. The molecule has 2 aromatic carbocycles. The van der Waals surface area contributed by atoms with Gasteiger partial charge in [-0.25, -0.2) is 0 Å². The first-order valence-electron chi connectivity index (χ1n) is 15.3. The minimum Gasteiger partial charge on any atom is -0.255 e. The molecule has 2 heteroatoms. The van der Waals surface area contributed by atoms with E-state index in [0.717, 1.165) is 55.6 Å². The minimum atomic E-state index is 0.858. The van der Waals surface area contributed by atoms with E-state index in [1.807, 2.05) is 20.1 Å². The molecule has 39 heavy (non-hydrogen) atoms. The van der Waals surface area contributed by atoms with Crippen molar-refractivity contribution in [2.24, 2.45) is 9.98 Å². The largest absolute Gasteiger partial charge is 0.255 e. The summed E-state index contributed by atoms with van der Waals surface area (Å²) in [7, 11) is 0. The van der Waals surface area contributed by atoms with Crippen LogP contribution >= 0.6 is 0 Å². The second-order valence-electron chi connectivity index (χ2n) is 10.3. The molecule has 0 aromatic heterocycles. The predicted octanol–water partition coefficient (Wildman–Crippen LogP) is 10.8. The number of nitrogens with zero attached hydrogens (tertiary/aromatic N) is 2. The molecule has 0 amide bonds. The average molecular weight is 523 g/mol. The van der Waals surface area contributed by atoms with Gasteiger partial charge in [0.1, 0.15) is 0 Å². The predicted molar refractivity (Wildman–Crippen MR) is 173 cm³/mol. The van der Waals surface area contributed by atoms with Crippen LogP contribution < -0.4 is 0 Å². The standard InChI is InChI=1S/C37H50N2/c1-4-7-10-11-12-13-14-15-16-17-20-29-35(39-37-31-24-22-28-34(37)26-19-9-6-3)32-38-36-30-23-21-27-33(36)25-18-8-5-2/h21-24,27-28,30-32H,4,7,10-20,25-26,29H2,1-3H3. The number of aryl methyl sites for hydroxylation is 2. The first-order chi connectivity index (χ1) is 19.3. The Morgan fingerprint density at radius 3 is 1.69 bits per heavy atom. The summed E-state index contributed by atoms with van der Waals surface area (Å²) in [4.78, 5) is 10.1. The Hall–Kier alpha value is -3.10. The Morgan fingerprint density at radius 1 is 0.641 bits per heavy atom. The maximum Gasteiger partial charge on any atom is 0.0665 e. The molecule has 0 aliphatic rings. The first-order valence-corrected chi connectivity index (χ1v) is 15.3. The normalized spacial score (nSPS) is 11.2. The fourth-order valence-electron chi connectivity index (χ4n) is 4.74. The van der Waals surface area contributed by atoms with Gasteiger partial charge >= 0.3 is 0 Å². The van der Waals surface area contributed by atoms with Gasteiger partial charge in [0.15, 0.2) is 0 Å². The molecule has 0 aliphatic heterocycles. The number of para-hydroxylation sites is 2. The summed E-state index contributed by atoms with van der Waals surface area (Å²) in [5.41, 5.74) is 5.62. The van der Waals surface area contributed by atoms with Crippen LogP contribution in [0, 0.1) is 23.7 Å². The van der Waals surface area contributed by atoms with Crippen LogP contribution in [-0.2, 0) is 12.8 Å². The lowest BCUT2D eigenvalue weighted by molar-refractivity contribution is 0.552. The van der Waals surface area contributed by atoms with Gasteiger partial charge in [-0.3, -0.25) is 9.98 Å². The topological polar surface area (TPSA) is 24.7 Å². The monoisotopic (exact) mass is 522 g/mol. The van der Waals surface area contributed by atoms with Crippen molar-refractivity contribution >= 4 is 23.3 Å². The zero-order valence-corrected chi connectivity index (χ0v) is 24.9. The SMILES string of the molecule is CC#CCCc1ccccc1N=CC(CCCCCCCCCCCCC)=Nc1ccccc1CCC#CC. The summed E-state index contributed by atoms with van der Waals surface area (Å²) < 4.78 is 0. The van der Waals surface area contributed by atoms with Crippen LogP contribution in [0.5, 0.6) is 0 Å². The third-order valence-electron chi connectivity index (χ3n) is 7.03. The fourth-order valence-corrected chi connectivity index (χ4v) is 4.74. The molecule has 208 valence electrons. The highest BCUT2D eigenvalue weighted by molar-refractivity contribution is 6.31. The van der Waals surface area contributed by atoms with Crippen molar-refractivity contribution in [2.75, 3.05) is 0 Å². The van der Waals surface area contributed by atoms with Crippen LogP contribution in [-0.4, -0.2) is 11.9 Å². The average Bonchev–Trinajstić information content (AvgIpc) is 2.96. The number of rotatable bonds is 19. The lowest BCUT2D eigenvalue weighted by Gasteiger charge is -2.08. The lowest BCUT2D eigenvalue weighted by Crippen LogP contribution is -2.01. The molecule has 2 rings (SSSR count). The third-order valence-corrected chi connectivity index (χ3v) is 7.03. The fraction of sp³-hybridized carbons (Fsp3) is 0.514. The van der Waals surface area contributed by atoms with Gasteiger partial charge in [0, 0.05) is 19.1 Å². The van der Waals surface area contributed by atoms with E-state index in [0.29, 0.717) is 0 Å². The third kappa shape index (κ3) is 14.6. The van der Waals surface area contributed by atoms with Crippen molar-refractivity contribution in [3.63, 3.8) is 0 Å². The molecule has 2 nitrogen and oxygen atoms in total. The number of hydrogen-bond donors (Lipinski definition) is 0. The molecule has 0 aliphatic carbocycles. The van der Waals surface area contributed by atoms with Crippen molar-refractivity contribution < 1.29 is 0 Å². The number of hydrogen-bond acceptors (Lipinski definition) is 2. The van der Waals surface area contributed by atoms with E-state index in [-0.39, 0.29) is 0 Å². The highest BCUT2D eigenvalue weighted by Gasteiger charge is 2.05. The number of aliphatic imine (C=N–C) groups is 2. The Balaban J connectivity index is 2.04. The molecule has 0 unspecified atom stereocenters. The van der Waals surface area contributed by atoms with Crippen LogP contribution in [0.15, 0.2) is 58.5 Å². The van der Waals surface area contributed by atoms with Crippen molar-refractivity contribution in [3.8, 4) is 23.7 Å². The molecular formula is C37H50N2. The van der Waals surface area contributed by atoms with Crippen molar-refractivity contribution in [1.29, 1.82) is 0 Å². The van der Waals surface area contributed by atoms with Crippen molar-refractivity contribution in [2.45, 2.75) is 124 Å². The Labute approximate surface area is 239 Å². The highest BCUT2D eigenvalue weighted by atomic mass is 14.8. The second kappa shape index (κ2) is 21.8. The maximum absolute atomic E-state index is 5.14. The Morgan fingerprint density at radius 2 is 1.13 bits per heavy atom. The number of benzene rings is 2. The molecule has 0 spiro atoms. The molecule has 0 heterocycles. The summed E-state index contributed by atoms with van der Waals surface area (Å²) in [5.74, 6) is 12.4. The van der Waals surface area contributed by atoms with Crippen molar-refractivity contribution in [1.82, 2.24) is 0 Å². The van der Waals surface area contributed by atoms with Crippen LogP contribution in [0.2, 0.25) is 0 Å². The summed E-state index contributed by atoms with van der Waals surface area (Å²) in [5, 5.41) is 0. The van der Waals surface area contributed by atoms with Gasteiger partial charge in [-0.15, -0.1) is 23.7 Å². The van der Waals surface area contributed by atoms with E-state index < -0.39 is 0 Å². The van der Waals surface area contributed by atoms with Gasteiger partial charge < -0.3 is 0 Å². The van der Waals surface area contributed by atoms with Gasteiger partial charge in [0.2, 0.25) is 0 Å². The molecule has 0 radical (unpaired) electrons. The minimum absolute atomic E-state index is 0.858. The zero-order valence-electron chi connectivity index (χ0n) is 24.9. The van der Waals surface area contributed by atoms with E-state index in [1.165, 1.54) is 75.3 Å². The summed E-state index contributed by atoms with van der Waals surface area (Å²) in [6, 6.07) is 16.9. The van der Waals surface area contributed by atoms with E-state index in [2.05, 4.69) is 79.1 Å². The van der Waals surface area contributed by atoms with Gasteiger partial charge in [-0.2, -0.15) is 0 Å². The molecule has 0 N–H and O–H groups in total. The molecule has 0 bridgehead atoms. The summed E-state index contributed by atoms with van der Waals surface area (Å²) >= 11 is 0. The van der Waals surface area contributed by atoms with Gasteiger partial charge in [0.05, 0.1) is 17.1 Å². The maximum atomic E-state index is 5.14. The van der Waals surface area contributed by atoms with Crippen LogP contribution in [0.25, 0.3) is 0 Å². The Kier molecular flexibility index (Phi) is 17.9. The summed E-state index contributed by atoms with van der Waals surface area (Å²) in [6.45, 7) is 6.08. The second-order valence-corrected chi connectivity index (χ2v) is 10.3. The number of unbranched alkanes of at least 4 members (excludes halogenated alkanes) is 10. The lowest BCUT2D eigenvalue weighted by atomic mass is 10.0. The van der Waals surface area contributed by atoms with Crippen molar-refractivity contribution in [3.05, 3.63) is 59.7 Å². The Bertz CT molecular complexity index is 1120. The molecular weight excluding hydrogens is 472 g/mol. The van der Waals surface area contributed by atoms with Gasteiger partial charge in [-0.05, 0) is 62.8 Å². The first kappa shape index (κ1) is 32.1. The molecule has 0 saturated heterocycles. The molecule has 0 saturated carbocycles. The van der Waals surface area contributed by atoms with Crippen LogP contribution in [0.3, 0.4) is 0 Å². The molecule has 0 fully saturated rings. The van der Waals surface area contributed by atoms with E-state index in [9.17, 15) is 0 Å². The van der Waals surface area contributed by atoms with E-state index >= 15 is 0 Å². The molecule has 2 aromatic rings. The van der Waals surface area contributed by atoms with Crippen LogP contribution in [0.1, 0.15) is 122 Å². The van der Waals surface area contributed by atoms with E-state index in [4.69, 9.17) is 9.98 Å². The van der Waals surface area contributed by atoms with E-state index in [1.54, 1.807) is 0 Å². The van der Waals surface area contributed by atoms with Gasteiger partial charge in [0.25, 0.3) is 0 Å². The smallest absolute Gasteiger partial charge is 0.0665 e. The highest BCUT2D eigenvalue weighted by Crippen LogP contribution is 2.23.